The molecule has 0 spiro atoms. The van der Waals surface area contributed by atoms with Crippen LogP contribution in [0.1, 0.15) is 5.56 Å². The van der Waals surface area contributed by atoms with Crippen molar-refractivity contribution in [2.24, 2.45) is 0 Å². The Labute approximate surface area is 162 Å². The van der Waals surface area contributed by atoms with Gasteiger partial charge in [-0.25, -0.2) is 13.2 Å². The maximum Gasteiger partial charge on any atom is 0.329 e. The second kappa shape index (κ2) is 6.15. The van der Waals surface area contributed by atoms with Gasteiger partial charge in [-0.2, -0.15) is 0 Å². The summed E-state index contributed by atoms with van der Waals surface area (Å²) in [6, 6.07) is 11.3. The third-order valence-electron chi connectivity index (χ3n) is 4.86. The third-order valence-corrected chi connectivity index (χ3v) is 7.30. The van der Waals surface area contributed by atoms with Gasteiger partial charge in [-0.05, 0) is 37.3 Å². The summed E-state index contributed by atoms with van der Waals surface area (Å²) in [6.07, 6.45) is 0. The summed E-state index contributed by atoms with van der Waals surface area (Å²) in [7, 11) is -3.23. The Hall–Kier alpha value is -1.76. The molecule has 136 valence electrons. The van der Waals surface area contributed by atoms with Crippen molar-refractivity contribution in [2.75, 3.05) is 21.3 Å². The molecule has 2 amide bonds. The molecule has 0 radical (unpaired) electrons. The van der Waals surface area contributed by atoms with Crippen LogP contribution in [0, 0.1) is 6.92 Å². The van der Waals surface area contributed by atoms with Gasteiger partial charge in [0.15, 0.2) is 9.84 Å². The zero-order chi connectivity index (χ0) is 18.6. The third kappa shape index (κ3) is 2.86. The summed E-state index contributed by atoms with van der Waals surface area (Å²) in [5, 5.41) is 0.705. The second-order valence-electron chi connectivity index (χ2n) is 6.67. The minimum absolute atomic E-state index is 0.0465. The normalized spacial score (nSPS) is 24.2. The highest BCUT2D eigenvalue weighted by atomic mass is 35.5. The van der Waals surface area contributed by atoms with Crippen molar-refractivity contribution in [2.45, 2.75) is 19.0 Å². The fraction of sp³-hybridized carbons (Fsp3) is 0.278. The number of sulfone groups is 1. The van der Waals surface area contributed by atoms with Gasteiger partial charge in [0.1, 0.15) is 0 Å². The fourth-order valence-corrected chi connectivity index (χ4v) is 5.86. The lowest BCUT2D eigenvalue weighted by Crippen LogP contribution is -2.37. The van der Waals surface area contributed by atoms with E-state index in [0.29, 0.717) is 21.4 Å². The molecule has 2 aliphatic heterocycles. The molecule has 4 rings (SSSR count). The number of amides is 2. The summed E-state index contributed by atoms with van der Waals surface area (Å²) in [5.74, 6) is -0.110. The monoisotopic (exact) mass is 410 g/mol. The van der Waals surface area contributed by atoms with Crippen LogP contribution in [-0.2, 0) is 9.84 Å². The number of rotatable bonds is 2. The SMILES string of the molecule is Cc1ccc(N2C(=O)N(c3ccc(Cl)c(Cl)c3)[C@H]3CS(=O)(=O)C[C@@H]32)cc1. The van der Waals surface area contributed by atoms with Gasteiger partial charge >= 0.3 is 6.03 Å². The topological polar surface area (TPSA) is 57.7 Å². The summed E-state index contributed by atoms with van der Waals surface area (Å²) in [6.45, 7) is 1.96. The molecule has 2 aromatic rings. The van der Waals surface area contributed by atoms with Gasteiger partial charge in [-0.15, -0.1) is 0 Å². The van der Waals surface area contributed by atoms with Gasteiger partial charge in [0, 0.05) is 11.4 Å². The first-order valence-electron chi connectivity index (χ1n) is 8.11. The Morgan fingerprint density at radius 3 is 2.00 bits per heavy atom. The molecule has 0 unspecified atom stereocenters. The quantitative estimate of drug-likeness (QED) is 0.704. The smallest absolute Gasteiger partial charge is 0.288 e. The van der Waals surface area contributed by atoms with Crippen molar-refractivity contribution in [1.82, 2.24) is 0 Å². The van der Waals surface area contributed by atoms with E-state index in [1.165, 1.54) is 4.90 Å². The van der Waals surface area contributed by atoms with Crippen LogP contribution in [0.15, 0.2) is 42.5 Å². The van der Waals surface area contributed by atoms with E-state index in [0.717, 1.165) is 5.56 Å². The summed E-state index contributed by atoms with van der Waals surface area (Å²) in [4.78, 5) is 16.3. The Kier molecular flexibility index (Phi) is 4.17. The zero-order valence-corrected chi connectivity index (χ0v) is 16.2. The standard InChI is InChI=1S/C18H16Cl2N2O3S/c1-11-2-4-12(5-3-11)21-16-9-26(24,25)10-17(16)22(18(21)23)13-6-7-14(19)15(20)8-13/h2-8,16-17H,9-10H2,1H3/t16-,17-/m0/s1. The van der Waals surface area contributed by atoms with Gasteiger partial charge in [-0.3, -0.25) is 9.80 Å². The summed E-state index contributed by atoms with van der Waals surface area (Å²) < 4.78 is 24.5. The Bertz CT molecular complexity index is 992. The first kappa shape index (κ1) is 17.6. The molecule has 0 N–H and O–H groups in total. The van der Waals surface area contributed by atoms with Crippen LogP contribution in [0.25, 0.3) is 0 Å². The number of nitrogens with zero attached hydrogens (tertiary/aromatic N) is 2. The molecule has 0 aromatic heterocycles. The maximum atomic E-state index is 13.2. The number of hydrogen-bond acceptors (Lipinski definition) is 3. The maximum absolute atomic E-state index is 13.2. The van der Waals surface area contributed by atoms with E-state index in [4.69, 9.17) is 23.2 Å². The molecule has 0 bridgehead atoms. The minimum atomic E-state index is -3.23. The highest BCUT2D eigenvalue weighted by molar-refractivity contribution is 7.91. The van der Waals surface area contributed by atoms with Gasteiger partial charge in [0.25, 0.3) is 0 Å². The summed E-state index contributed by atoms with van der Waals surface area (Å²) >= 11 is 12.1. The van der Waals surface area contributed by atoms with Crippen molar-refractivity contribution in [3.8, 4) is 0 Å². The van der Waals surface area contributed by atoms with Crippen LogP contribution in [0.3, 0.4) is 0 Å². The molecule has 2 aliphatic rings. The number of halogens is 2. The molecule has 2 heterocycles. The number of urea groups is 1. The van der Waals surface area contributed by atoms with E-state index in [9.17, 15) is 13.2 Å². The van der Waals surface area contributed by atoms with Crippen LogP contribution in [0.2, 0.25) is 10.0 Å². The molecule has 8 heteroatoms. The van der Waals surface area contributed by atoms with Gasteiger partial charge in [0.05, 0.1) is 33.6 Å². The number of carbonyl (C=O) groups excluding carboxylic acids is 1. The fourth-order valence-electron chi connectivity index (χ4n) is 3.65. The number of fused-ring (bicyclic) bond motifs is 1. The molecule has 2 atom stereocenters. The van der Waals surface area contributed by atoms with E-state index in [1.807, 2.05) is 31.2 Å². The highest BCUT2D eigenvalue weighted by Crippen LogP contribution is 2.39. The molecular formula is C18H16Cl2N2O3S. The van der Waals surface area contributed by atoms with Gasteiger partial charge in [0.2, 0.25) is 0 Å². The molecular weight excluding hydrogens is 395 g/mol. The Morgan fingerprint density at radius 1 is 0.885 bits per heavy atom. The van der Waals surface area contributed by atoms with Crippen molar-refractivity contribution >= 4 is 50.4 Å². The van der Waals surface area contributed by atoms with E-state index in [2.05, 4.69) is 0 Å². The second-order valence-corrected chi connectivity index (χ2v) is 9.64. The average Bonchev–Trinajstić information content (AvgIpc) is 3.00. The molecule has 26 heavy (non-hydrogen) atoms. The summed E-state index contributed by atoms with van der Waals surface area (Å²) in [5.41, 5.74) is 2.30. The zero-order valence-electron chi connectivity index (χ0n) is 13.9. The number of benzene rings is 2. The first-order chi connectivity index (χ1) is 12.3. The predicted molar refractivity (Wildman–Crippen MR) is 104 cm³/mol. The van der Waals surface area contributed by atoms with E-state index < -0.39 is 21.9 Å². The van der Waals surface area contributed by atoms with Crippen LogP contribution >= 0.6 is 23.2 Å². The van der Waals surface area contributed by atoms with Crippen LogP contribution < -0.4 is 9.80 Å². The molecule has 0 aliphatic carbocycles. The first-order valence-corrected chi connectivity index (χ1v) is 10.7. The Morgan fingerprint density at radius 2 is 1.42 bits per heavy atom. The lowest BCUT2D eigenvalue weighted by atomic mass is 10.1. The predicted octanol–water partition coefficient (Wildman–Crippen LogP) is 3.91. The highest BCUT2D eigenvalue weighted by Gasteiger charge is 2.54. The number of carbonyl (C=O) groups is 1. The van der Waals surface area contributed by atoms with Crippen LogP contribution in [-0.4, -0.2) is 38.0 Å². The molecule has 5 nitrogen and oxygen atoms in total. The van der Waals surface area contributed by atoms with Crippen molar-refractivity contribution in [3.63, 3.8) is 0 Å². The van der Waals surface area contributed by atoms with Gasteiger partial charge in [-0.1, -0.05) is 40.9 Å². The number of anilines is 2. The van der Waals surface area contributed by atoms with Crippen molar-refractivity contribution in [3.05, 3.63) is 58.1 Å². The van der Waals surface area contributed by atoms with Crippen LogP contribution in [0.5, 0.6) is 0 Å². The van der Waals surface area contributed by atoms with Crippen molar-refractivity contribution < 1.29 is 13.2 Å². The minimum Gasteiger partial charge on any atom is -0.288 e. The van der Waals surface area contributed by atoms with Gasteiger partial charge < -0.3 is 0 Å². The van der Waals surface area contributed by atoms with E-state index in [1.54, 1.807) is 23.1 Å². The molecule has 2 aromatic carbocycles. The van der Waals surface area contributed by atoms with E-state index >= 15 is 0 Å². The van der Waals surface area contributed by atoms with Crippen LogP contribution in [0.4, 0.5) is 16.2 Å². The molecule has 2 saturated heterocycles. The Balaban J connectivity index is 1.81. The van der Waals surface area contributed by atoms with Crippen molar-refractivity contribution in [1.29, 1.82) is 0 Å². The molecule has 2 fully saturated rings. The largest absolute Gasteiger partial charge is 0.329 e. The molecule has 0 saturated carbocycles. The average molecular weight is 411 g/mol. The number of aryl methyl sites for hydroxylation is 1. The number of hydrogen-bond donors (Lipinski definition) is 0. The lowest BCUT2D eigenvalue weighted by Gasteiger charge is -2.23. The lowest BCUT2D eigenvalue weighted by molar-refractivity contribution is 0.255. The van der Waals surface area contributed by atoms with E-state index in [-0.39, 0.29) is 17.5 Å².